The zero-order valence-electron chi connectivity index (χ0n) is 13.6. The quantitative estimate of drug-likeness (QED) is 0.630. The van der Waals surface area contributed by atoms with Crippen LogP contribution in [0.25, 0.3) is 0 Å². The number of aromatic nitrogens is 2. The molecule has 0 N–H and O–H groups in total. The van der Waals surface area contributed by atoms with Crippen molar-refractivity contribution in [2.45, 2.75) is 44.4 Å². The highest BCUT2D eigenvalue weighted by Crippen LogP contribution is 2.40. The average molecular weight is 328 g/mol. The molecule has 1 aliphatic carbocycles. The molecule has 2 fully saturated rings. The van der Waals surface area contributed by atoms with Gasteiger partial charge in [0.05, 0.1) is 4.92 Å². The largest absolute Gasteiger partial charge is 0.366 e. The Morgan fingerprint density at radius 3 is 2.62 bits per heavy atom. The molecule has 0 unspecified atom stereocenters. The minimum absolute atomic E-state index is 0.184. The summed E-state index contributed by atoms with van der Waals surface area (Å²) in [7, 11) is 0. The molecule has 2 heterocycles. The molecule has 4 rings (SSSR count). The molecule has 1 aromatic carbocycles. The first-order valence-electron chi connectivity index (χ1n) is 8.45. The SMILES string of the molecule is Cc1ccc(N2CCC(c3noc(C4CC4)n3)CC2)c([N+](=O)[O-])c1. The first-order valence-corrected chi connectivity index (χ1v) is 8.45. The number of nitro benzene ring substituents is 1. The van der Waals surface area contributed by atoms with Gasteiger partial charge in [-0.1, -0.05) is 11.2 Å². The summed E-state index contributed by atoms with van der Waals surface area (Å²) in [5.74, 6) is 2.33. The number of nitro groups is 1. The van der Waals surface area contributed by atoms with E-state index in [9.17, 15) is 10.1 Å². The van der Waals surface area contributed by atoms with Crippen molar-refractivity contribution in [2.24, 2.45) is 0 Å². The fourth-order valence-corrected chi connectivity index (χ4v) is 3.33. The molecule has 0 radical (unpaired) electrons. The number of benzene rings is 1. The van der Waals surface area contributed by atoms with E-state index >= 15 is 0 Å². The second kappa shape index (κ2) is 5.89. The molecule has 2 aliphatic rings. The van der Waals surface area contributed by atoms with Crippen LogP contribution in [0.1, 0.15) is 54.8 Å². The molecule has 0 spiro atoms. The van der Waals surface area contributed by atoms with Crippen LogP contribution in [0.5, 0.6) is 0 Å². The Morgan fingerprint density at radius 2 is 1.96 bits per heavy atom. The van der Waals surface area contributed by atoms with E-state index in [1.807, 2.05) is 19.1 Å². The summed E-state index contributed by atoms with van der Waals surface area (Å²) in [6, 6.07) is 5.42. The number of hydrogen-bond acceptors (Lipinski definition) is 6. The molecular formula is C17H20N4O3. The summed E-state index contributed by atoms with van der Waals surface area (Å²) in [5, 5.41) is 15.5. The summed E-state index contributed by atoms with van der Waals surface area (Å²) in [6.07, 6.45) is 4.07. The minimum Gasteiger partial charge on any atom is -0.366 e. The van der Waals surface area contributed by atoms with Crippen LogP contribution in [0.3, 0.4) is 0 Å². The zero-order chi connectivity index (χ0) is 16.7. The van der Waals surface area contributed by atoms with Gasteiger partial charge in [-0.2, -0.15) is 4.98 Å². The molecule has 126 valence electrons. The van der Waals surface area contributed by atoms with Gasteiger partial charge in [0.1, 0.15) is 5.69 Å². The van der Waals surface area contributed by atoms with Gasteiger partial charge in [0.25, 0.3) is 5.69 Å². The van der Waals surface area contributed by atoms with Crippen LogP contribution in [0, 0.1) is 17.0 Å². The fourth-order valence-electron chi connectivity index (χ4n) is 3.33. The second-order valence-corrected chi connectivity index (χ2v) is 6.78. The Labute approximate surface area is 139 Å². The van der Waals surface area contributed by atoms with Crippen molar-refractivity contribution in [1.29, 1.82) is 0 Å². The smallest absolute Gasteiger partial charge is 0.292 e. The van der Waals surface area contributed by atoms with Gasteiger partial charge in [0.2, 0.25) is 5.89 Å². The first kappa shape index (κ1) is 15.1. The number of hydrogen-bond donors (Lipinski definition) is 0. The Bertz CT molecular complexity index is 761. The highest BCUT2D eigenvalue weighted by atomic mass is 16.6. The highest BCUT2D eigenvalue weighted by Gasteiger charge is 2.32. The summed E-state index contributed by atoms with van der Waals surface area (Å²) in [5.41, 5.74) is 1.79. The number of anilines is 1. The molecule has 0 bridgehead atoms. The lowest BCUT2D eigenvalue weighted by Gasteiger charge is -2.32. The Hall–Kier alpha value is -2.44. The maximum atomic E-state index is 11.3. The van der Waals surface area contributed by atoms with E-state index in [-0.39, 0.29) is 16.5 Å². The summed E-state index contributed by atoms with van der Waals surface area (Å²) in [4.78, 5) is 17.7. The van der Waals surface area contributed by atoms with E-state index < -0.39 is 0 Å². The predicted molar refractivity (Wildman–Crippen MR) is 88.3 cm³/mol. The van der Waals surface area contributed by atoms with Gasteiger partial charge in [-0.25, -0.2) is 0 Å². The van der Waals surface area contributed by atoms with Crippen LogP contribution in [0.15, 0.2) is 22.7 Å². The van der Waals surface area contributed by atoms with Crippen LogP contribution < -0.4 is 4.90 Å². The first-order chi connectivity index (χ1) is 11.6. The normalized spacial score (nSPS) is 18.8. The van der Waals surface area contributed by atoms with E-state index in [0.717, 1.165) is 56.1 Å². The van der Waals surface area contributed by atoms with Crippen molar-refractivity contribution in [3.8, 4) is 0 Å². The standard InChI is InChI=1S/C17H20N4O3/c1-11-2-5-14(15(10-11)21(22)23)20-8-6-12(7-9-20)16-18-17(24-19-16)13-3-4-13/h2,5,10,12-13H,3-4,6-9H2,1H3. The van der Waals surface area contributed by atoms with Gasteiger partial charge in [0.15, 0.2) is 5.82 Å². The summed E-state index contributed by atoms with van der Waals surface area (Å²) in [6.45, 7) is 3.40. The fraction of sp³-hybridized carbons (Fsp3) is 0.529. The Balaban J connectivity index is 1.46. The van der Waals surface area contributed by atoms with Crippen molar-refractivity contribution in [3.05, 3.63) is 45.6 Å². The molecule has 24 heavy (non-hydrogen) atoms. The molecule has 1 saturated carbocycles. The number of rotatable bonds is 4. The van der Waals surface area contributed by atoms with Crippen LogP contribution in [-0.2, 0) is 0 Å². The van der Waals surface area contributed by atoms with Crippen molar-refractivity contribution in [1.82, 2.24) is 10.1 Å². The van der Waals surface area contributed by atoms with E-state index in [1.54, 1.807) is 6.07 Å². The lowest BCUT2D eigenvalue weighted by atomic mass is 9.95. The average Bonchev–Trinajstić information content (AvgIpc) is 3.32. The van der Waals surface area contributed by atoms with Crippen molar-refractivity contribution in [3.63, 3.8) is 0 Å². The van der Waals surface area contributed by atoms with Crippen molar-refractivity contribution >= 4 is 11.4 Å². The van der Waals surface area contributed by atoms with Crippen LogP contribution in [0.4, 0.5) is 11.4 Å². The van der Waals surface area contributed by atoms with Gasteiger partial charge in [-0.15, -0.1) is 0 Å². The van der Waals surface area contributed by atoms with Crippen LogP contribution in [-0.4, -0.2) is 28.2 Å². The van der Waals surface area contributed by atoms with Gasteiger partial charge >= 0.3 is 0 Å². The van der Waals surface area contributed by atoms with Crippen molar-refractivity contribution in [2.75, 3.05) is 18.0 Å². The highest BCUT2D eigenvalue weighted by molar-refractivity contribution is 5.64. The summed E-state index contributed by atoms with van der Waals surface area (Å²) < 4.78 is 5.35. The predicted octanol–water partition coefficient (Wildman–Crippen LogP) is 3.55. The number of piperidine rings is 1. The maximum Gasteiger partial charge on any atom is 0.292 e. The van der Waals surface area contributed by atoms with Crippen molar-refractivity contribution < 1.29 is 9.45 Å². The number of aryl methyl sites for hydroxylation is 1. The van der Waals surface area contributed by atoms with Gasteiger partial charge in [0, 0.05) is 31.0 Å². The van der Waals surface area contributed by atoms with E-state index in [2.05, 4.69) is 15.0 Å². The maximum absolute atomic E-state index is 11.3. The monoisotopic (exact) mass is 328 g/mol. The molecule has 0 amide bonds. The minimum atomic E-state index is -0.296. The molecule has 1 aromatic heterocycles. The molecular weight excluding hydrogens is 308 g/mol. The molecule has 1 aliphatic heterocycles. The van der Waals surface area contributed by atoms with E-state index in [1.165, 1.54) is 0 Å². The van der Waals surface area contributed by atoms with E-state index in [0.29, 0.717) is 11.6 Å². The Morgan fingerprint density at radius 1 is 1.21 bits per heavy atom. The Kier molecular flexibility index (Phi) is 3.70. The third-order valence-electron chi connectivity index (χ3n) is 4.91. The molecule has 1 saturated heterocycles. The second-order valence-electron chi connectivity index (χ2n) is 6.78. The molecule has 2 aromatic rings. The summed E-state index contributed by atoms with van der Waals surface area (Å²) >= 11 is 0. The lowest BCUT2D eigenvalue weighted by Crippen LogP contribution is -2.33. The van der Waals surface area contributed by atoms with Gasteiger partial charge in [-0.3, -0.25) is 10.1 Å². The van der Waals surface area contributed by atoms with Gasteiger partial charge < -0.3 is 9.42 Å². The van der Waals surface area contributed by atoms with Crippen LogP contribution >= 0.6 is 0 Å². The zero-order valence-corrected chi connectivity index (χ0v) is 13.6. The molecule has 7 nitrogen and oxygen atoms in total. The van der Waals surface area contributed by atoms with Gasteiger partial charge in [-0.05, 0) is 44.2 Å². The number of nitrogens with zero attached hydrogens (tertiary/aromatic N) is 4. The van der Waals surface area contributed by atoms with E-state index in [4.69, 9.17) is 4.52 Å². The molecule has 7 heteroatoms. The third-order valence-corrected chi connectivity index (χ3v) is 4.91. The third kappa shape index (κ3) is 2.86. The lowest BCUT2D eigenvalue weighted by molar-refractivity contribution is -0.384. The van der Waals surface area contributed by atoms with Crippen LogP contribution in [0.2, 0.25) is 0 Å². The topological polar surface area (TPSA) is 85.3 Å². The molecule has 0 atom stereocenters.